The Morgan fingerprint density at radius 3 is 2.30 bits per heavy atom. The van der Waals surface area contributed by atoms with Crippen LogP contribution in [0.4, 0.5) is 5.69 Å². The van der Waals surface area contributed by atoms with Crippen LogP contribution in [-0.2, 0) is 15.0 Å². The molecule has 0 aromatic heterocycles. The molecule has 0 aliphatic carbocycles. The number of aryl methyl sites for hydroxylation is 1. The number of hydrogen-bond acceptors (Lipinski definition) is 2. The molecular formula is C19H21NO3. The van der Waals surface area contributed by atoms with Gasteiger partial charge >= 0.3 is 5.97 Å². The zero-order valence-electron chi connectivity index (χ0n) is 13.6. The minimum Gasteiger partial charge on any atom is -0.481 e. The third-order valence-electron chi connectivity index (χ3n) is 4.28. The topological polar surface area (TPSA) is 66.4 Å². The van der Waals surface area contributed by atoms with E-state index < -0.39 is 11.4 Å². The molecule has 23 heavy (non-hydrogen) atoms. The molecule has 2 N–H and O–H groups in total. The number of anilines is 1. The quantitative estimate of drug-likeness (QED) is 0.885. The number of rotatable bonds is 5. The maximum Gasteiger partial charge on any atom is 0.314 e. The molecule has 0 heterocycles. The van der Waals surface area contributed by atoms with Crippen molar-refractivity contribution >= 4 is 17.6 Å². The Kier molecular flexibility index (Phi) is 4.84. The molecule has 1 atom stereocenters. The fraction of sp³-hybridized carbons (Fsp3) is 0.263. The van der Waals surface area contributed by atoms with Crippen molar-refractivity contribution in [2.24, 2.45) is 0 Å². The molecule has 2 aromatic carbocycles. The van der Waals surface area contributed by atoms with Crippen LogP contribution in [0, 0.1) is 13.8 Å². The van der Waals surface area contributed by atoms with Crippen molar-refractivity contribution in [3.63, 3.8) is 0 Å². The van der Waals surface area contributed by atoms with Crippen molar-refractivity contribution < 1.29 is 14.7 Å². The van der Waals surface area contributed by atoms with Gasteiger partial charge in [-0.2, -0.15) is 0 Å². The van der Waals surface area contributed by atoms with E-state index in [1.807, 2.05) is 38.1 Å². The number of aliphatic carboxylic acids is 1. The van der Waals surface area contributed by atoms with E-state index in [9.17, 15) is 14.7 Å². The summed E-state index contributed by atoms with van der Waals surface area (Å²) in [4.78, 5) is 24.1. The summed E-state index contributed by atoms with van der Waals surface area (Å²) in [6, 6.07) is 14.5. The lowest BCUT2D eigenvalue weighted by Crippen LogP contribution is -2.36. The van der Waals surface area contributed by atoms with Crippen molar-refractivity contribution in [1.82, 2.24) is 0 Å². The van der Waals surface area contributed by atoms with Crippen LogP contribution in [0.25, 0.3) is 0 Å². The van der Waals surface area contributed by atoms with Crippen LogP contribution in [0.1, 0.15) is 30.0 Å². The summed E-state index contributed by atoms with van der Waals surface area (Å²) >= 11 is 0. The molecule has 4 heteroatoms. The summed E-state index contributed by atoms with van der Waals surface area (Å²) < 4.78 is 0. The number of carboxylic acid groups (broad SMARTS) is 1. The molecule has 0 saturated carbocycles. The number of carboxylic acids is 1. The zero-order valence-corrected chi connectivity index (χ0v) is 13.6. The van der Waals surface area contributed by atoms with Gasteiger partial charge < -0.3 is 10.4 Å². The molecule has 1 amide bonds. The molecule has 4 nitrogen and oxygen atoms in total. The highest BCUT2D eigenvalue weighted by molar-refractivity contribution is 5.96. The monoisotopic (exact) mass is 311 g/mol. The first-order chi connectivity index (χ1) is 10.8. The Morgan fingerprint density at radius 2 is 1.70 bits per heavy atom. The average molecular weight is 311 g/mol. The molecule has 0 radical (unpaired) electrons. The second-order valence-corrected chi connectivity index (χ2v) is 5.98. The Bertz CT molecular complexity index is 725. The van der Waals surface area contributed by atoms with Crippen molar-refractivity contribution in [3.05, 3.63) is 65.2 Å². The Balaban J connectivity index is 2.23. The van der Waals surface area contributed by atoms with E-state index in [0.29, 0.717) is 5.56 Å². The van der Waals surface area contributed by atoms with E-state index in [1.54, 1.807) is 31.2 Å². The van der Waals surface area contributed by atoms with Crippen LogP contribution in [0.3, 0.4) is 0 Å². The number of amides is 1. The third-order valence-corrected chi connectivity index (χ3v) is 4.28. The summed E-state index contributed by atoms with van der Waals surface area (Å²) in [5.74, 6) is -1.33. The number of carbonyl (C=O) groups is 2. The first kappa shape index (κ1) is 16.7. The van der Waals surface area contributed by atoms with Crippen molar-refractivity contribution in [2.45, 2.75) is 32.6 Å². The van der Waals surface area contributed by atoms with Gasteiger partial charge in [0.2, 0.25) is 5.91 Å². The number of nitrogens with one attached hydrogen (secondary N) is 1. The van der Waals surface area contributed by atoms with Crippen LogP contribution in [0.2, 0.25) is 0 Å². The van der Waals surface area contributed by atoms with Crippen LogP contribution in [0.15, 0.2) is 48.5 Å². The van der Waals surface area contributed by atoms with Gasteiger partial charge in [-0.25, -0.2) is 0 Å². The molecular weight excluding hydrogens is 290 g/mol. The summed E-state index contributed by atoms with van der Waals surface area (Å²) in [6.45, 7) is 5.47. The fourth-order valence-corrected chi connectivity index (χ4v) is 2.51. The smallest absolute Gasteiger partial charge is 0.314 e. The molecule has 120 valence electrons. The average Bonchev–Trinajstić information content (AvgIpc) is 2.52. The predicted molar refractivity (Wildman–Crippen MR) is 90.6 cm³/mol. The Labute approximate surface area is 136 Å². The van der Waals surface area contributed by atoms with E-state index in [-0.39, 0.29) is 12.3 Å². The standard InChI is InChI=1S/C19H21NO3/c1-13-8-7-11-16(14(13)2)20-17(21)12-19(3,18(22)23)15-9-5-4-6-10-15/h4-11H,12H2,1-3H3,(H,20,21)(H,22,23)/t19-/m1/s1. The Hall–Kier alpha value is -2.62. The maximum atomic E-state index is 12.4. The number of carbonyl (C=O) groups excluding carboxylic acids is 1. The number of benzene rings is 2. The lowest BCUT2D eigenvalue weighted by atomic mass is 9.79. The van der Waals surface area contributed by atoms with E-state index in [4.69, 9.17) is 0 Å². The van der Waals surface area contributed by atoms with E-state index in [2.05, 4.69) is 5.32 Å². The molecule has 2 rings (SSSR count). The maximum absolute atomic E-state index is 12.4. The van der Waals surface area contributed by atoms with Gasteiger partial charge in [0.15, 0.2) is 0 Å². The molecule has 0 spiro atoms. The molecule has 0 aliphatic rings. The lowest BCUT2D eigenvalue weighted by molar-refractivity contribution is -0.145. The highest BCUT2D eigenvalue weighted by atomic mass is 16.4. The van der Waals surface area contributed by atoms with Crippen LogP contribution >= 0.6 is 0 Å². The summed E-state index contributed by atoms with van der Waals surface area (Å²) in [5, 5.41) is 12.4. The van der Waals surface area contributed by atoms with Gasteiger partial charge in [0.05, 0.1) is 5.41 Å². The Morgan fingerprint density at radius 1 is 1.04 bits per heavy atom. The van der Waals surface area contributed by atoms with Gasteiger partial charge in [0.1, 0.15) is 0 Å². The van der Waals surface area contributed by atoms with Crippen molar-refractivity contribution in [1.29, 1.82) is 0 Å². The zero-order chi connectivity index (χ0) is 17.0. The SMILES string of the molecule is Cc1cccc(NC(=O)C[C@@](C)(C(=O)O)c2ccccc2)c1C. The van der Waals surface area contributed by atoms with Crippen molar-refractivity contribution in [2.75, 3.05) is 5.32 Å². The highest BCUT2D eigenvalue weighted by Gasteiger charge is 2.37. The van der Waals surface area contributed by atoms with Crippen LogP contribution < -0.4 is 5.32 Å². The van der Waals surface area contributed by atoms with Gasteiger partial charge in [-0.3, -0.25) is 9.59 Å². The van der Waals surface area contributed by atoms with Gasteiger partial charge in [-0.1, -0.05) is 42.5 Å². The summed E-state index contributed by atoms with van der Waals surface area (Å²) in [7, 11) is 0. The predicted octanol–water partition coefficient (Wildman–Crippen LogP) is 3.67. The van der Waals surface area contributed by atoms with Gasteiger partial charge in [-0.15, -0.1) is 0 Å². The lowest BCUT2D eigenvalue weighted by Gasteiger charge is -2.25. The first-order valence-electron chi connectivity index (χ1n) is 7.49. The van der Waals surface area contributed by atoms with E-state index >= 15 is 0 Å². The molecule has 0 bridgehead atoms. The summed E-state index contributed by atoms with van der Waals surface area (Å²) in [6.07, 6.45) is -0.125. The molecule has 0 saturated heterocycles. The second kappa shape index (κ2) is 6.65. The summed E-state index contributed by atoms with van der Waals surface area (Å²) in [5.41, 5.74) is 2.13. The number of hydrogen-bond donors (Lipinski definition) is 2. The molecule has 2 aromatic rings. The molecule has 0 fully saturated rings. The normalized spacial score (nSPS) is 13.2. The van der Waals surface area contributed by atoms with Crippen molar-refractivity contribution in [3.8, 4) is 0 Å². The second-order valence-electron chi connectivity index (χ2n) is 5.98. The first-order valence-corrected chi connectivity index (χ1v) is 7.49. The van der Waals surface area contributed by atoms with Gasteiger partial charge in [0.25, 0.3) is 0 Å². The van der Waals surface area contributed by atoms with Gasteiger partial charge in [0, 0.05) is 12.1 Å². The van der Waals surface area contributed by atoms with E-state index in [0.717, 1.165) is 16.8 Å². The fourth-order valence-electron chi connectivity index (χ4n) is 2.51. The highest BCUT2D eigenvalue weighted by Crippen LogP contribution is 2.29. The minimum absolute atomic E-state index is 0.125. The van der Waals surface area contributed by atoms with Crippen LogP contribution in [-0.4, -0.2) is 17.0 Å². The van der Waals surface area contributed by atoms with Gasteiger partial charge in [-0.05, 0) is 43.5 Å². The van der Waals surface area contributed by atoms with Crippen LogP contribution in [0.5, 0.6) is 0 Å². The third kappa shape index (κ3) is 3.59. The minimum atomic E-state index is -1.26. The van der Waals surface area contributed by atoms with E-state index in [1.165, 1.54) is 0 Å². The molecule has 0 aliphatic heterocycles. The molecule has 0 unspecified atom stereocenters. The largest absolute Gasteiger partial charge is 0.481 e.